The molecule has 1 aliphatic heterocycles. The number of benzene rings is 1. The molecule has 1 fully saturated rings. The van der Waals surface area contributed by atoms with E-state index in [0.29, 0.717) is 11.4 Å². The molecular weight excluding hydrogens is 258 g/mol. The number of nitrogens with one attached hydrogen (secondary N) is 1. The number of nitrogens with zero attached hydrogens (tertiary/aromatic N) is 1. The molecule has 1 saturated heterocycles. The molecule has 1 aromatic rings. The largest absolute Gasteiger partial charge is 0.399 e. The molecule has 0 bridgehead atoms. The van der Waals surface area contributed by atoms with Gasteiger partial charge in [0.05, 0.1) is 12.3 Å². The normalized spacial score (nSPS) is 18.5. The summed E-state index contributed by atoms with van der Waals surface area (Å²) in [5.74, 6) is -0.331. The Morgan fingerprint density at radius 1 is 1.44 bits per heavy atom. The van der Waals surface area contributed by atoms with Crippen molar-refractivity contribution >= 4 is 35.7 Å². The fourth-order valence-electron chi connectivity index (χ4n) is 1.72. The van der Waals surface area contributed by atoms with Crippen LogP contribution in [0, 0.1) is 0 Å². The van der Waals surface area contributed by atoms with Crippen molar-refractivity contribution < 1.29 is 14.3 Å². The zero-order chi connectivity index (χ0) is 12.4. The first-order chi connectivity index (χ1) is 8.13. The summed E-state index contributed by atoms with van der Waals surface area (Å²) in [6.07, 6.45) is 0. The lowest BCUT2D eigenvalue weighted by atomic mass is 10.2. The van der Waals surface area contributed by atoms with E-state index in [1.54, 1.807) is 24.3 Å². The van der Waals surface area contributed by atoms with Crippen LogP contribution >= 0.6 is 12.4 Å². The van der Waals surface area contributed by atoms with Gasteiger partial charge >= 0.3 is 6.03 Å². The Morgan fingerprint density at radius 3 is 2.78 bits per heavy atom. The minimum absolute atomic E-state index is 0. The van der Waals surface area contributed by atoms with Gasteiger partial charge in [0.15, 0.2) is 0 Å². The molecule has 98 valence electrons. The topological polar surface area (TPSA) is 84.7 Å². The lowest BCUT2D eigenvalue weighted by molar-refractivity contribution is -0.119. The van der Waals surface area contributed by atoms with Crippen LogP contribution in [0.4, 0.5) is 16.2 Å². The van der Waals surface area contributed by atoms with E-state index in [2.05, 4.69) is 5.32 Å². The highest BCUT2D eigenvalue weighted by atomic mass is 35.5. The molecule has 1 heterocycles. The van der Waals surface area contributed by atoms with Crippen molar-refractivity contribution in [1.82, 2.24) is 5.32 Å². The average molecular weight is 272 g/mol. The van der Waals surface area contributed by atoms with Crippen molar-refractivity contribution in [3.05, 3.63) is 24.3 Å². The summed E-state index contributed by atoms with van der Waals surface area (Å²) in [5, 5.41) is 2.54. The van der Waals surface area contributed by atoms with Crippen LogP contribution in [0.2, 0.25) is 0 Å². The Kier molecular flexibility index (Phi) is 4.52. The number of halogens is 1. The number of nitrogens with two attached hydrogens (primary N) is 1. The van der Waals surface area contributed by atoms with Gasteiger partial charge in [-0.25, -0.2) is 9.69 Å². The van der Waals surface area contributed by atoms with Gasteiger partial charge in [-0.2, -0.15) is 0 Å². The highest BCUT2D eigenvalue weighted by molar-refractivity contribution is 6.21. The second-order valence-electron chi connectivity index (χ2n) is 3.73. The minimum Gasteiger partial charge on any atom is -0.399 e. The van der Waals surface area contributed by atoms with Crippen LogP contribution in [-0.4, -0.2) is 31.7 Å². The molecular formula is C11H14ClN3O3. The van der Waals surface area contributed by atoms with E-state index < -0.39 is 12.1 Å². The number of hydrogen-bond acceptors (Lipinski definition) is 4. The number of urea groups is 1. The molecule has 18 heavy (non-hydrogen) atoms. The lowest BCUT2D eigenvalue weighted by Gasteiger charge is -2.13. The Hall–Kier alpha value is -1.79. The first-order valence-corrected chi connectivity index (χ1v) is 5.12. The fraction of sp³-hybridized carbons (Fsp3) is 0.273. The molecule has 1 aliphatic rings. The molecule has 1 unspecified atom stereocenters. The number of imide groups is 1. The highest BCUT2D eigenvalue weighted by Crippen LogP contribution is 2.21. The number of ether oxygens (including phenoxy) is 1. The van der Waals surface area contributed by atoms with Crippen LogP contribution in [-0.2, 0) is 9.53 Å². The number of carbonyl (C=O) groups excluding carboxylic acids is 2. The number of hydrogen-bond donors (Lipinski definition) is 2. The van der Waals surface area contributed by atoms with Gasteiger partial charge < -0.3 is 15.8 Å². The van der Waals surface area contributed by atoms with Crippen molar-refractivity contribution in [2.45, 2.75) is 6.04 Å². The number of methoxy groups -OCH3 is 1. The number of nitrogen functional groups attached to an aromatic ring is 1. The third-order valence-corrected chi connectivity index (χ3v) is 2.48. The van der Waals surface area contributed by atoms with Gasteiger partial charge in [-0.15, -0.1) is 12.4 Å². The molecule has 0 aliphatic carbocycles. The van der Waals surface area contributed by atoms with E-state index in [4.69, 9.17) is 10.5 Å². The van der Waals surface area contributed by atoms with Crippen molar-refractivity contribution in [2.24, 2.45) is 0 Å². The molecule has 0 saturated carbocycles. The molecule has 0 radical (unpaired) electrons. The van der Waals surface area contributed by atoms with E-state index in [1.165, 1.54) is 7.11 Å². The Balaban J connectivity index is 0.00000162. The molecule has 3 amide bonds. The standard InChI is InChI=1S/C11H13N3O3.ClH/c1-17-6-9-10(15)14(11(16)13-9)8-4-2-3-7(12)5-8;/h2-5,9H,6,12H2,1H3,(H,13,16);1H. The number of carbonyl (C=O) groups is 2. The predicted molar refractivity (Wildman–Crippen MR) is 69.8 cm³/mol. The summed E-state index contributed by atoms with van der Waals surface area (Å²) < 4.78 is 4.87. The molecule has 0 aromatic heterocycles. The number of amides is 3. The SMILES string of the molecule is COCC1NC(=O)N(c2cccc(N)c2)C1=O.Cl. The second-order valence-corrected chi connectivity index (χ2v) is 3.73. The van der Waals surface area contributed by atoms with Crippen LogP contribution in [0.5, 0.6) is 0 Å². The van der Waals surface area contributed by atoms with Crippen LogP contribution in [0.1, 0.15) is 0 Å². The first-order valence-electron chi connectivity index (χ1n) is 5.12. The van der Waals surface area contributed by atoms with E-state index in [0.717, 1.165) is 4.90 Å². The zero-order valence-corrected chi connectivity index (χ0v) is 10.6. The first kappa shape index (κ1) is 14.3. The summed E-state index contributed by atoms with van der Waals surface area (Å²) in [5.41, 5.74) is 6.58. The molecule has 2 rings (SSSR count). The third kappa shape index (κ3) is 2.55. The lowest BCUT2D eigenvalue weighted by Crippen LogP contribution is -2.34. The van der Waals surface area contributed by atoms with E-state index in [-0.39, 0.29) is 24.9 Å². The van der Waals surface area contributed by atoms with Crippen LogP contribution in [0.25, 0.3) is 0 Å². The van der Waals surface area contributed by atoms with Gasteiger partial charge in [0.1, 0.15) is 6.04 Å². The Bertz CT molecular complexity index is 467. The van der Waals surface area contributed by atoms with Crippen LogP contribution in [0.15, 0.2) is 24.3 Å². The fourth-order valence-corrected chi connectivity index (χ4v) is 1.72. The van der Waals surface area contributed by atoms with Gasteiger partial charge in [-0.05, 0) is 18.2 Å². The summed E-state index contributed by atoms with van der Waals surface area (Å²) in [7, 11) is 1.47. The van der Waals surface area contributed by atoms with E-state index >= 15 is 0 Å². The quantitative estimate of drug-likeness (QED) is 0.628. The second kappa shape index (κ2) is 5.70. The molecule has 1 atom stereocenters. The maximum atomic E-state index is 11.9. The van der Waals surface area contributed by atoms with Gasteiger partial charge in [0, 0.05) is 12.8 Å². The maximum Gasteiger partial charge on any atom is 0.329 e. The van der Waals surface area contributed by atoms with Gasteiger partial charge in [0.25, 0.3) is 5.91 Å². The summed E-state index contributed by atoms with van der Waals surface area (Å²) >= 11 is 0. The predicted octanol–water partition coefficient (Wildman–Crippen LogP) is 0.762. The molecule has 1 aromatic carbocycles. The van der Waals surface area contributed by atoms with E-state index in [9.17, 15) is 9.59 Å². The molecule has 3 N–H and O–H groups in total. The van der Waals surface area contributed by atoms with Crippen LogP contribution in [0.3, 0.4) is 0 Å². The van der Waals surface area contributed by atoms with Gasteiger partial charge in [0.2, 0.25) is 0 Å². The molecule has 7 heteroatoms. The summed E-state index contributed by atoms with van der Waals surface area (Å²) in [6, 6.07) is 5.52. The average Bonchev–Trinajstić information content (AvgIpc) is 2.55. The van der Waals surface area contributed by atoms with Crippen LogP contribution < -0.4 is 16.0 Å². The number of anilines is 2. The highest BCUT2D eigenvalue weighted by Gasteiger charge is 2.38. The zero-order valence-electron chi connectivity index (χ0n) is 9.75. The molecule has 0 spiro atoms. The summed E-state index contributed by atoms with van der Waals surface area (Å²) in [6.45, 7) is 0.156. The monoisotopic (exact) mass is 271 g/mol. The smallest absolute Gasteiger partial charge is 0.329 e. The van der Waals surface area contributed by atoms with Crippen molar-refractivity contribution in [2.75, 3.05) is 24.4 Å². The Morgan fingerprint density at radius 2 is 2.17 bits per heavy atom. The Labute approximate surface area is 110 Å². The van der Waals surface area contributed by atoms with E-state index in [1.807, 2.05) is 0 Å². The number of rotatable bonds is 3. The third-order valence-electron chi connectivity index (χ3n) is 2.48. The van der Waals surface area contributed by atoms with Crippen molar-refractivity contribution in [3.63, 3.8) is 0 Å². The molecule has 6 nitrogen and oxygen atoms in total. The van der Waals surface area contributed by atoms with Gasteiger partial charge in [-0.3, -0.25) is 4.79 Å². The van der Waals surface area contributed by atoms with Crippen molar-refractivity contribution in [1.29, 1.82) is 0 Å². The van der Waals surface area contributed by atoms with Crippen molar-refractivity contribution in [3.8, 4) is 0 Å². The van der Waals surface area contributed by atoms with Gasteiger partial charge in [-0.1, -0.05) is 6.07 Å². The summed E-state index contributed by atoms with van der Waals surface area (Å²) in [4.78, 5) is 24.7. The minimum atomic E-state index is -0.631. The maximum absolute atomic E-state index is 11.9.